The van der Waals surface area contributed by atoms with Crippen molar-refractivity contribution in [1.82, 2.24) is 0 Å². The number of hydrogen-bond acceptors (Lipinski definition) is 4. The highest BCUT2D eigenvalue weighted by molar-refractivity contribution is 5.85. The second-order valence-electron chi connectivity index (χ2n) is 7.16. The van der Waals surface area contributed by atoms with Crippen LogP contribution in [0.5, 0.6) is 0 Å². The van der Waals surface area contributed by atoms with Crippen LogP contribution in [0.2, 0.25) is 0 Å². The Morgan fingerprint density at radius 2 is 0.900 bits per heavy atom. The van der Waals surface area contributed by atoms with Gasteiger partial charge in [-0.15, -0.1) is 24.8 Å². The van der Waals surface area contributed by atoms with Crippen LogP contribution < -0.4 is 11.5 Å². The van der Waals surface area contributed by atoms with Crippen LogP contribution >= 0.6 is 24.8 Å². The highest BCUT2D eigenvalue weighted by Crippen LogP contribution is 2.35. The van der Waals surface area contributed by atoms with Crippen molar-refractivity contribution in [2.24, 2.45) is 23.3 Å². The fourth-order valence-corrected chi connectivity index (χ4v) is 2.48. The molecule has 2 aliphatic rings. The van der Waals surface area contributed by atoms with Gasteiger partial charge in [0.2, 0.25) is 0 Å². The molecule has 2 saturated carbocycles. The topological polar surface area (TPSA) is 92.5 Å². The number of rotatable bonds is 2. The van der Waals surface area contributed by atoms with Crippen molar-refractivity contribution in [2.45, 2.75) is 76.7 Å². The summed E-state index contributed by atoms with van der Waals surface area (Å²) in [6, 6.07) is 0.697. The Morgan fingerprint density at radius 1 is 0.700 bits per heavy atom. The molecule has 2 aliphatic carbocycles. The van der Waals surface area contributed by atoms with Crippen molar-refractivity contribution in [3.8, 4) is 0 Å². The first kappa shape index (κ1) is 22.7. The lowest BCUT2D eigenvalue weighted by Crippen LogP contribution is -2.46. The van der Waals surface area contributed by atoms with E-state index in [1.54, 1.807) is 0 Å². The van der Waals surface area contributed by atoms with E-state index in [4.69, 9.17) is 11.5 Å². The SMILES string of the molecule is CC(C)(O)C1CC(N)C1.CC(C)(O)C1CC(N)C1.Cl.Cl. The van der Waals surface area contributed by atoms with E-state index < -0.39 is 11.2 Å². The van der Waals surface area contributed by atoms with Crippen molar-refractivity contribution < 1.29 is 10.2 Å². The summed E-state index contributed by atoms with van der Waals surface area (Å²) in [7, 11) is 0. The van der Waals surface area contributed by atoms with Gasteiger partial charge >= 0.3 is 0 Å². The quantitative estimate of drug-likeness (QED) is 0.621. The van der Waals surface area contributed by atoms with Gasteiger partial charge in [0, 0.05) is 12.1 Å². The van der Waals surface area contributed by atoms with E-state index in [0.29, 0.717) is 23.9 Å². The summed E-state index contributed by atoms with van der Waals surface area (Å²) >= 11 is 0. The summed E-state index contributed by atoms with van der Waals surface area (Å²) < 4.78 is 0. The van der Waals surface area contributed by atoms with Crippen molar-refractivity contribution in [3.05, 3.63) is 0 Å². The van der Waals surface area contributed by atoms with Gasteiger partial charge in [-0.2, -0.15) is 0 Å². The van der Waals surface area contributed by atoms with E-state index in [2.05, 4.69) is 0 Å². The molecule has 124 valence electrons. The third-order valence-electron chi connectivity index (χ3n) is 4.35. The normalized spacial score (nSPS) is 32.4. The second kappa shape index (κ2) is 8.16. The minimum atomic E-state index is -0.504. The van der Waals surface area contributed by atoms with Crippen molar-refractivity contribution in [2.75, 3.05) is 0 Å². The molecule has 0 unspecified atom stereocenters. The first-order valence-corrected chi connectivity index (χ1v) is 6.96. The first-order valence-electron chi connectivity index (χ1n) is 6.96. The number of nitrogens with two attached hydrogens (primary N) is 2. The van der Waals surface area contributed by atoms with Gasteiger partial charge in [0.25, 0.3) is 0 Å². The van der Waals surface area contributed by atoms with Crippen molar-refractivity contribution >= 4 is 24.8 Å². The first-order chi connectivity index (χ1) is 8.00. The molecule has 6 heteroatoms. The van der Waals surface area contributed by atoms with Gasteiger partial charge in [0.1, 0.15) is 0 Å². The van der Waals surface area contributed by atoms with Crippen LogP contribution in [0.3, 0.4) is 0 Å². The van der Waals surface area contributed by atoms with Crippen LogP contribution in [0.15, 0.2) is 0 Å². The van der Waals surface area contributed by atoms with E-state index in [-0.39, 0.29) is 24.8 Å². The maximum Gasteiger partial charge on any atom is 0.0620 e. The Kier molecular flexibility index (Phi) is 9.26. The van der Waals surface area contributed by atoms with Gasteiger partial charge in [0.15, 0.2) is 0 Å². The van der Waals surface area contributed by atoms with Crippen LogP contribution in [-0.2, 0) is 0 Å². The van der Waals surface area contributed by atoms with E-state index in [1.165, 1.54) is 0 Å². The molecule has 4 nitrogen and oxygen atoms in total. The average Bonchev–Trinajstić information content (AvgIpc) is 2.05. The summed E-state index contributed by atoms with van der Waals surface area (Å²) in [6.45, 7) is 7.40. The molecular formula is C14H32Cl2N2O2. The Balaban J connectivity index is 0. The zero-order chi connectivity index (χ0) is 14.1. The van der Waals surface area contributed by atoms with Crippen LogP contribution in [0, 0.1) is 11.8 Å². The summed E-state index contributed by atoms with van der Waals surface area (Å²) in [6.07, 6.45) is 3.96. The molecule has 0 saturated heterocycles. The average molecular weight is 331 g/mol. The van der Waals surface area contributed by atoms with Crippen molar-refractivity contribution in [3.63, 3.8) is 0 Å². The van der Waals surface area contributed by atoms with Gasteiger partial charge in [-0.1, -0.05) is 0 Å². The van der Waals surface area contributed by atoms with E-state index >= 15 is 0 Å². The van der Waals surface area contributed by atoms with Gasteiger partial charge in [-0.3, -0.25) is 0 Å². The Hall–Kier alpha value is 0.420. The maximum atomic E-state index is 9.40. The lowest BCUT2D eigenvalue weighted by Gasteiger charge is -2.40. The molecule has 0 bridgehead atoms. The monoisotopic (exact) mass is 330 g/mol. The third kappa shape index (κ3) is 6.92. The third-order valence-corrected chi connectivity index (χ3v) is 4.35. The Labute approximate surface area is 135 Å². The smallest absolute Gasteiger partial charge is 0.0620 e. The molecule has 0 amide bonds. The number of halogens is 2. The predicted octanol–water partition coefficient (Wildman–Crippen LogP) is 1.83. The fraction of sp³-hybridized carbons (Fsp3) is 1.00. The predicted molar refractivity (Wildman–Crippen MR) is 88.5 cm³/mol. The minimum absolute atomic E-state index is 0. The molecule has 0 aromatic heterocycles. The molecule has 2 rings (SSSR count). The number of hydrogen-bond donors (Lipinski definition) is 4. The molecule has 0 radical (unpaired) electrons. The van der Waals surface area contributed by atoms with E-state index in [9.17, 15) is 10.2 Å². The van der Waals surface area contributed by atoms with Crippen LogP contribution in [0.4, 0.5) is 0 Å². The van der Waals surface area contributed by atoms with Crippen LogP contribution in [0.25, 0.3) is 0 Å². The van der Waals surface area contributed by atoms with Gasteiger partial charge in [-0.05, 0) is 65.2 Å². The van der Waals surface area contributed by atoms with Gasteiger partial charge in [0.05, 0.1) is 11.2 Å². The summed E-state index contributed by atoms with van der Waals surface area (Å²) in [5, 5.41) is 18.8. The molecule has 0 aromatic rings. The maximum absolute atomic E-state index is 9.40. The Morgan fingerprint density at radius 3 is 0.950 bits per heavy atom. The molecule has 2 fully saturated rings. The molecule has 0 aromatic carbocycles. The summed E-state index contributed by atoms with van der Waals surface area (Å²) in [5.41, 5.74) is 10.1. The standard InChI is InChI=1S/2C7H15NO.2ClH/c2*1-7(2,9)5-3-6(8)4-5;;/h2*5-6,9H,3-4,8H2,1-2H3;2*1H. The molecule has 20 heavy (non-hydrogen) atoms. The number of aliphatic hydroxyl groups is 2. The Bertz CT molecular complexity index is 237. The highest BCUT2D eigenvalue weighted by Gasteiger charge is 2.37. The largest absolute Gasteiger partial charge is 0.390 e. The molecule has 0 spiro atoms. The van der Waals surface area contributed by atoms with Gasteiger partial charge < -0.3 is 21.7 Å². The molecule has 0 aliphatic heterocycles. The lowest BCUT2D eigenvalue weighted by atomic mass is 9.72. The fourth-order valence-electron chi connectivity index (χ4n) is 2.48. The van der Waals surface area contributed by atoms with Crippen LogP contribution in [-0.4, -0.2) is 33.5 Å². The molecule has 0 atom stereocenters. The molecular weight excluding hydrogens is 299 g/mol. The van der Waals surface area contributed by atoms with Crippen LogP contribution in [0.1, 0.15) is 53.4 Å². The molecule has 6 N–H and O–H groups in total. The van der Waals surface area contributed by atoms with Crippen molar-refractivity contribution in [1.29, 1.82) is 0 Å². The minimum Gasteiger partial charge on any atom is -0.390 e. The summed E-state index contributed by atoms with van der Waals surface area (Å²) in [5.74, 6) is 0.875. The highest BCUT2D eigenvalue weighted by atomic mass is 35.5. The molecule has 0 heterocycles. The lowest BCUT2D eigenvalue weighted by molar-refractivity contribution is -0.0262. The second-order valence-corrected chi connectivity index (χ2v) is 7.16. The zero-order valence-corrected chi connectivity index (χ0v) is 14.6. The van der Waals surface area contributed by atoms with E-state index in [1.807, 2.05) is 27.7 Å². The summed E-state index contributed by atoms with van der Waals surface area (Å²) in [4.78, 5) is 0. The van der Waals surface area contributed by atoms with Gasteiger partial charge in [-0.25, -0.2) is 0 Å². The zero-order valence-electron chi connectivity index (χ0n) is 13.0. The van der Waals surface area contributed by atoms with E-state index in [0.717, 1.165) is 25.7 Å².